The summed E-state index contributed by atoms with van der Waals surface area (Å²) >= 11 is 6.10. The van der Waals surface area contributed by atoms with Gasteiger partial charge in [0.05, 0.1) is 19.9 Å². The van der Waals surface area contributed by atoms with Crippen molar-refractivity contribution in [2.75, 3.05) is 45.3 Å². The third-order valence-electron chi connectivity index (χ3n) is 5.64. The van der Waals surface area contributed by atoms with Gasteiger partial charge in [-0.1, -0.05) is 17.7 Å². The van der Waals surface area contributed by atoms with E-state index in [2.05, 4.69) is 10.00 Å². The van der Waals surface area contributed by atoms with Gasteiger partial charge in [-0.3, -0.25) is 9.59 Å². The quantitative estimate of drug-likeness (QED) is 0.553. The van der Waals surface area contributed by atoms with E-state index in [-0.39, 0.29) is 18.0 Å². The molecule has 0 saturated carbocycles. The summed E-state index contributed by atoms with van der Waals surface area (Å²) in [7, 11) is 3.14. The van der Waals surface area contributed by atoms with Crippen molar-refractivity contribution < 1.29 is 14.3 Å². The Balaban J connectivity index is 1.48. The molecule has 0 atom stereocenters. The highest BCUT2D eigenvalue weighted by molar-refractivity contribution is 6.30. The van der Waals surface area contributed by atoms with E-state index in [4.69, 9.17) is 21.1 Å². The van der Waals surface area contributed by atoms with Crippen molar-refractivity contribution in [1.82, 2.24) is 14.7 Å². The predicted molar refractivity (Wildman–Crippen MR) is 127 cm³/mol. The third-order valence-corrected chi connectivity index (χ3v) is 5.88. The lowest BCUT2D eigenvalue weighted by Gasteiger charge is -2.36. The number of carbonyl (C=O) groups is 1. The molecule has 4 rings (SSSR count). The number of hydrogen-bond donors (Lipinski definition) is 0. The summed E-state index contributed by atoms with van der Waals surface area (Å²) in [6.07, 6.45) is 0. The van der Waals surface area contributed by atoms with E-state index in [1.165, 1.54) is 10.7 Å². The van der Waals surface area contributed by atoms with Crippen LogP contribution in [0.3, 0.4) is 0 Å². The summed E-state index contributed by atoms with van der Waals surface area (Å²) in [5.74, 6) is 1.08. The number of benzene rings is 2. The van der Waals surface area contributed by atoms with Gasteiger partial charge in [0.25, 0.3) is 5.56 Å². The van der Waals surface area contributed by atoms with Crippen LogP contribution in [0.2, 0.25) is 5.02 Å². The summed E-state index contributed by atoms with van der Waals surface area (Å²) in [6.45, 7) is 2.37. The summed E-state index contributed by atoms with van der Waals surface area (Å²) in [4.78, 5) is 29.3. The molecule has 2 aromatic carbocycles. The molecule has 0 N–H and O–H groups in total. The van der Waals surface area contributed by atoms with Gasteiger partial charge in [-0.15, -0.1) is 0 Å². The number of carbonyl (C=O) groups excluding carboxylic acids is 1. The number of ether oxygens (including phenoxy) is 2. The molecule has 1 saturated heterocycles. The zero-order chi connectivity index (χ0) is 23.4. The predicted octanol–water partition coefficient (Wildman–Crippen LogP) is 2.93. The van der Waals surface area contributed by atoms with E-state index < -0.39 is 0 Å². The van der Waals surface area contributed by atoms with Crippen LogP contribution in [-0.2, 0) is 11.3 Å². The smallest absolute Gasteiger partial charge is 0.267 e. The molecule has 1 amide bonds. The fourth-order valence-electron chi connectivity index (χ4n) is 3.84. The second kappa shape index (κ2) is 9.95. The molecule has 1 aromatic heterocycles. The van der Waals surface area contributed by atoms with Gasteiger partial charge in [0, 0.05) is 48.5 Å². The molecule has 8 nitrogen and oxygen atoms in total. The van der Waals surface area contributed by atoms with Crippen LogP contribution in [0.15, 0.2) is 59.4 Å². The second-order valence-corrected chi connectivity index (χ2v) is 8.06. The van der Waals surface area contributed by atoms with Crippen LogP contribution in [0, 0.1) is 0 Å². The molecule has 1 fully saturated rings. The SMILES string of the molecule is COc1ccc(OC)c(-c2ccc(=O)n(CC(=O)N3CCN(c4cccc(Cl)c4)CC3)n2)c1. The van der Waals surface area contributed by atoms with Crippen LogP contribution >= 0.6 is 11.6 Å². The van der Waals surface area contributed by atoms with Crippen molar-refractivity contribution in [2.24, 2.45) is 0 Å². The topological polar surface area (TPSA) is 76.9 Å². The van der Waals surface area contributed by atoms with Gasteiger partial charge in [0.1, 0.15) is 18.0 Å². The van der Waals surface area contributed by atoms with Crippen LogP contribution < -0.4 is 19.9 Å². The maximum Gasteiger partial charge on any atom is 0.267 e. The van der Waals surface area contributed by atoms with E-state index in [0.717, 1.165) is 5.69 Å². The van der Waals surface area contributed by atoms with Gasteiger partial charge in [-0.05, 0) is 42.5 Å². The normalized spacial score (nSPS) is 13.7. The molecule has 1 aliphatic rings. The standard InChI is InChI=1S/C24H25ClN4O4/c1-32-19-6-8-22(33-2)20(15-19)21-7-9-23(30)29(26-21)16-24(31)28-12-10-27(11-13-28)18-5-3-4-17(25)14-18/h3-9,14-15H,10-13,16H2,1-2H3. The number of methoxy groups -OCH3 is 2. The molecule has 0 unspecified atom stereocenters. The van der Waals surface area contributed by atoms with Gasteiger partial charge >= 0.3 is 0 Å². The number of piperazine rings is 1. The molecule has 0 radical (unpaired) electrons. The molecule has 3 aromatic rings. The summed E-state index contributed by atoms with van der Waals surface area (Å²) in [5, 5.41) is 5.11. The van der Waals surface area contributed by atoms with Crippen molar-refractivity contribution in [3.63, 3.8) is 0 Å². The fraction of sp³-hybridized carbons (Fsp3) is 0.292. The number of amides is 1. The largest absolute Gasteiger partial charge is 0.497 e. The molecular weight excluding hydrogens is 444 g/mol. The monoisotopic (exact) mass is 468 g/mol. The molecule has 2 heterocycles. The van der Waals surface area contributed by atoms with Gasteiger partial charge in [-0.25, -0.2) is 4.68 Å². The first kappa shape index (κ1) is 22.7. The third kappa shape index (κ3) is 5.12. The Morgan fingerprint density at radius 1 is 1.00 bits per heavy atom. The summed E-state index contributed by atoms with van der Waals surface area (Å²) < 4.78 is 11.9. The van der Waals surface area contributed by atoms with Crippen molar-refractivity contribution in [1.29, 1.82) is 0 Å². The number of halogens is 1. The molecule has 0 bridgehead atoms. The van der Waals surface area contributed by atoms with Crippen LogP contribution in [0.1, 0.15) is 0 Å². The van der Waals surface area contributed by atoms with E-state index in [9.17, 15) is 9.59 Å². The average molecular weight is 469 g/mol. The first-order valence-electron chi connectivity index (χ1n) is 10.6. The minimum absolute atomic E-state index is 0.129. The highest BCUT2D eigenvalue weighted by atomic mass is 35.5. The Morgan fingerprint density at radius 3 is 2.48 bits per heavy atom. The van der Waals surface area contributed by atoms with E-state index in [1.807, 2.05) is 24.3 Å². The Labute approximate surface area is 196 Å². The van der Waals surface area contributed by atoms with Crippen LogP contribution in [-0.4, -0.2) is 61.0 Å². The fourth-order valence-corrected chi connectivity index (χ4v) is 4.02. The van der Waals surface area contributed by atoms with Crippen molar-refractivity contribution >= 4 is 23.2 Å². The van der Waals surface area contributed by atoms with Gasteiger partial charge in [-0.2, -0.15) is 5.10 Å². The lowest BCUT2D eigenvalue weighted by Crippen LogP contribution is -2.50. The summed E-state index contributed by atoms with van der Waals surface area (Å²) in [6, 6.07) is 16.0. The Morgan fingerprint density at radius 2 is 1.79 bits per heavy atom. The lowest BCUT2D eigenvalue weighted by atomic mass is 10.1. The zero-order valence-corrected chi connectivity index (χ0v) is 19.3. The highest BCUT2D eigenvalue weighted by Crippen LogP contribution is 2.31. The van der Waals surface area contributed by atoms with Crippen LogP contribution in [0.25, 0.3) is 11.3 Å². The van der Waals surface area contributed by atoms with Crippen LogP contribution in [0.5, 0.6) is 11.5 Å². The van der Waals surface area contributed by atoms with Crippen LogP contribution in [0.4, 0.5) is 5.69 Å². The average Bonchev–Trinajstić information content (AvgIpc) is 2.85. The van der Waals surface area contributed by atoms with Crippen molar-refractivity contribution in [3.8, 4) is 22.8 Å². The van der Waals surface area contributed by atoms with E-state index in [1.54, 1.807) is 43.4 Å². The molecule has 0 aliphatic carbocycles. The number of hydrogen-bond acceptors (Lipinski definition) is 6. The van der Waals surface area contributed by atoms with Gasteiger partial charge in [0.2, 0.25) is 5.91 Å². The number of nitrogens with zero attached hydrogens (tertiary/aromatic N) is 4. The summed E-state index contributed by atoms with van der Waals surface area (Å²) in [5.41, 5.74) is 1.89. The molecule has 33 heavy (non-hydrogen) atoms. The Hall–Kier alpha value is -3.52. The van der Waals surface area contributed by atoms with Crippen molar-refractivity contribution in [3.05, 3.63) is 70.0 Å². The number of anilines is 1. The van der Waals surface area contributed by atoms with Gasteiger partial charge < -0.3 is 19.3 Å². The maximum atomic E-state index is 12.9. The highest BCUT2D eigenvalue weighted by Gasteiger charge is 2.22. The molecule has 0 spiro atoms. The Bertz CT molecular complexity index is 1210. The minimum Gasteiger partial charge on any atom is -0.497 e. The first-order valence-corrected chi connectivity index (χ1v) is 10.9. The minimum atomic E-state index is -0.341. The molecule has 1 aliphatic heterocycles. The van der Waals surface area contributed by atoms with Gasteiger partial charge in [0.15, 0.2) is 0 Å². The van der Waals surface area contributed by atoms with E-state index in [0.29, 0.717) is 54.0 Å². The van der Waals surface area contributed by atoms with Crippen molar-refractivity contribution in [2.45, 2.75) is 6.54 Å². The first-order chi connectivity index (χ1) is 16.0. The molecular formula is C24H25ClN4O4. The maximum absolute atomic E-state index is 12.9. The number of aromatic nitrogens is 2. The molecule has 172 valence electrons. The van der Waals surface area contributed by atoms with E-state index >= 15 is 0 Å². The number of rotatable bonds is 6. The second-order valence-electron chi connectivity index (χ2n) is 7.63. The Kier molecular flexibility index (Phi) is 6.84. The molecule has 9 heteroatoms. The zero-order valence-electron chi connectivity index (χ0n) is 18.5. The lowest BCUT2D eigenvalue weighted by molar-refractivity contribution is -0.132.